The van der Waals surface area contributed by atoms with Crippen LogP contribution in [0.15, 0.2) is 72.8 Å². The van der Waals surface area contributed by atoms with E-state index in [4.69, 9.17) is 9.47 Å². The first kappa shape index (κ1) is 22.2. The minimum Gasteiger partial charge on any atom is -0.508 e. The summed E-state index contributed by atoms with van der Waals surface area (Å²) in [5.41, 5.74) is 4.73. The Labute approximate surface area is 206 Å². The van der Waals surface area contributed by atoms with Crippen LogP contribution in [0.1, 0.15) is 47.8 Å². The Kier molecular flexibility index (Phi) is 5.73. The lowest BCUT2D eigenvalue weighted by atomic mass is 9.76. The largest absolute Gasteiger partial charge is 0.508 e. The van der Waals surface area contributed by atoms with Crippen molar-refractivity contribution in [3.8, 4) is 11.5 Å². The van der Waals surface area contributed by atoms with E-state index in [0.717, 1.165) is 50.0 Å². The lowest BCUT2D eigenvalue weighted by Gasteiger charge is -2.40. The van der Waals surface area contributed by atoms with Gasteiger partial charge in [-0.05, 0) is 48.6 Å². The van der Waals surface area contributed by atoms with E-state index >= 15 is 0 Å². The number of hydrogen-bond acceptors (Lipinski definition) is 5. The highest BCUT2D eigenvalue weighted by Crippen LogP contribution is 2.47. The molecule has 3 aliphatic heterocycles. The SMILES string of the molecule is O=CC1COC2(CCN(c3ccc([C@H]4c5ccc(O)cc5OC[C@H]4c4ccccc4)cc3)CC2)C1. The van der Waals surface area contributed by atoms with Crippen LogP contribution in [0.4, 0.5) is 5.69 Å². The number of phenolic OH excluding ortho intramolecular Hbond substituents is 1. The summed E-state index contributed by atoms with van der Waals surface area (Å²) >= 11 is 0. The summed E-state index contributed by atoms with van der Waals surface area (Å²) in [7, 11) is 0. The summed E-state index contributed by atoms with van der Waals surface area (Å²) in [6.45, 7) is 3.03. The Morgan fingerprint density at radius 2 is 1.69 bits per heavy atom. The monoisotopic (exact) mass is 469 g/mol. The number of ether oxygens (including phenoxy) is 2. The second-order valence-electron chi connectivity index (χ2n) is 10.2. The fourth-order valence-corrected chi connectivity index (χ4v) is 6.18. The van der Waals surface area contributed by atoms with Gasteiger partial charge in [-0.1, -0.05) is 48.5 Å². The molecule has 5 nitrogen and oxygen atoms in total. The van der Waals surface area contributed by atoms with Gasteiger partial charge in [0.15, 0.2) is 0 Å². The molecule has 35 heavy (non-hydrogen) atoms. The molecule has 2 fully saturated rings. The number of carbonyl (C=O) groups excluding carboxylic acids is 1. The number of benzene rings is 3. The molecule has 3 atom stereocenters. The standard InChI is InChI=1S/C30H31NO4/c32-18-21-17-30(35-19-21)12-14-31(15-13-30)24-8-6-23(7-9-24)29-26-11-10-25(33)16-28(26)34-20-27(29)22-4-2-1-3-5-22/h1-11,16,18,21,27,29,33H,12-15,17,19-20H2/t21?,27-,29-/m0/s1. The van der Waals surface area contributed by atoms with Crippen LogP contribution in [0.5, 0.6) is 11.5 Å². The molecular formula is C30H31NO4. The molecule has 1 unspecified atom stereocenters. The van der Waals surface area contributed by atoms with Crippen molar-refractivity contribution >= 4 is 12.0 Å². The molecule has 1 N–H and O–H groups in total. The Morgan fingerprint density at radius 3 is 2.40 bits per heavy atom. The van der Waals surface area contributed by atoms with Crippen molar-refractivity contribution < 1.29 is 19.4 Å². The molecule has 6 rings (SSSR count). The van der Waals surface area contributed by atoms with Gasteiger partial charge in [0.05, 0.1) is 18.8 Å². The van der Waals surface area contributed by atoms with E-state index in [1.807, 2.05) is 12.1 Å². The van der Waals surface area contributed by atoms with Gasteiger partial charge in [0, 0.05) is 48.2 Å². The molecule has 0 radical (unpaired) electrons. The van der Waals surface area contributed by atoms with Crippen molar-refractivity contribution in [2.75, 3.05) is 31.2 Å². The topological polar surface area (TPSA) is 59.0 Å². The van der Waals surface area contributed by atoms with Crippen molar-refractivity contribution in [3.63, 3.8) is 0 Å². The third-order valence-electron chi connectivity index (χ3n) is 8.10. The van der Waals surface area contributed by atoms with Crippen LogP contribution in [0.25, 0.3) is 0 Å². The van der Waals surface area contributed by atoms with Gasteiger partial charge in [-0.3, -0.25) is 0 Å². The highest BCUT2D eigenvalue weighted by molar-refractivity contribution is 5.55. The van der Waals surface area contributed by atoms with Gasteiger partial charge in [-0.25, -0.2) is 0 Å². The van der Waals surface area contributed by atoms with E-state index in [9.17, 15) is 9.90 Å². The molecule has 5 heteroatoms. The van der Waals surface area contributed by atoms with Crippen molar-refractivity contribution in [2.45, 2.75) is 36.7 Å². The summed E-state index contributed by atoms with van der Waals surface area (Å²) in [5, 5.41) is 10.0. The molecule has 0 saturated carbocycles. The average Bonchev–Trinajstić information content (AvgIpc) is 3.31. The van der Waals surface area contributed by atoms with Crippen LogP contribution in [-0.2, 0) is 9.53 Å². The van der Waals surface area contributed by atoms with Crippen LogP contribution in [0.3, 0.4) is 0 Å². The second kappa shape index (κ2) is 9.04. The number of phenols is 1. The highest BCUT2D eigenvalue weighted by atomic mass is 16.5. The zero-order chi connectivity index (χ0) is 23.8. The first-order chi connectivity index (χ1) is 17.1. The van der Waals surface area contributed by atoms with Gasteiger partial charge in [0.2, 0.25) is 0 Å². The molecule has 3 aromatic rings. The zero-order valence-corrected chi connectivity index (χ0v) is 19.8. The fraction of sp³-hybridized carbons (Fsp3) is 0.367. The molecule has 0 aliphatic carbocycles. The van der Waals surface area contributed by atoms with Gasteiger partial charge in [0.1, 0.15) is 17.8 Å². The van der Waals surface area contributed by atoms with Gasteiger partial charge in [-0.2, -0.15) is 0 Å². The summed E-state index contributed by atoms with van der Waals surface area (Å²) in [5.74, 6) is 1.39. The van der Waals surface area contributed by atoms with E-state index < -0.39 is 0 Å². The van der Waals surface area contributed by atoms with Crippen LogP contribution in [-0.4, -0.2) is 43.3 Å². The molecule has 0 aromatic heterocycles. The zero-order valence-electron chi connectivity index (χ0n) is 19.8. The Bertz CT molecular complexity index is 1180. The first-order valence-corrected chi connectivity index (χ1v) is 12.6. The summed E-state index contributed by atoms with van der Waals surface area (Å²) in [6, 6.07) is 25.0. The number of aldehydes is 1. The Hall–Kier alpha value is -3.31. The van der Waals surface area contributed by atoms with E-state index in [1.165, 1.54) is 16.8 Å². The smallest absolute Gasteiger partial charge is 0.126 e. The van der Waals surface area contributed by atoms with Gasteiger partial charge in [0.25, 0.3) is 0 Å². The summed E-state index contributed by atoms with van der Waals surface area (Å²) in [4.78, 5) is 13.6. The lowest BCUT2D eigenvalue weighted by molar-refractivity contribution is -0.111. The predicted molar refractivity (Wildman–Crippen MR) is 135 cm³/mol. The summed E-state index contributed by atoms with van der Waals surface area (Å²) < 4.78 is 12.2. The maximum atomic E-state index is 11.2. The van der Waals surface area contributed by atoms with Crippen LogP contribution in [0.2, 0.25) is 0 Å². The van der Waals surface area contributed by atoms with E-state index in [0.29, 0.717) is 13.2 Å². The third-order valence-corrected chi connectivity index (χ3v) is 8.10. The van der Waals surface area contributed by atoms with Gasteiger partial charge < -0.3 is 24.3 Å². The van der Waals surface area contributed by atoms with Crippen molar-refractivity contribution in [1.29, 1.82) is 0 Å². The number of hydrogen-bond donors (Lipinski definition) is 1. The number of aromatic hydroxyl groups is 1. The number of fused-ring (bicyclic) bond motifs is 1. The molecule has 180 valence electrons. The van der Waals surface area contributed by atoms with Crippen LogP contribution < -0.4 is 9.64 Å². The fourth-order valence-electron chi connectivity index (χ4n) is 6.18. The van der Waals surface area contributed by atoms with Gasteiger partial charge in [-0.15, -0.1) is 0 Å². The molecule has 2 saturated heterocycles. The lowest BCUT2D eigenvalue weighted by Crippen LogP contribution is -2.44. The van der Waals surface area contributed by atoms with Crippen molar-refractivity contribution in [3.05, 3.63) is 89.5 Å². The summed E-state index contributed by atoms with van der Waals surface area (Å²) in [6.07, 6.45) is 3.85. The van der Waals surface area contributed by atoms with Crippen LogP contribution >= 0.6 is 0 Å². The van der Waals surface area contributed by atoms with E-state index in [1.54, 1.807) is 12.1 Å². The maximum absolute atomic E-state index is 11.2. The average molecular weight is 470 g/mol. The number of anilines is 1. The van der Waals surface area contributed by atoms with Crippen LogP contribution in [0, 0.1) is 5.92 Å². The molecule has 0 bridgehead atoms. The second-order valence-corrected chi connectivity index (χ2v) is 10.2. The quantitative estimate of drug-likeness (QED) is 0.527. The minimum absolute atomic E-state index is 0.0580. The molecule has 3 aromatic carbocycles. The number of rotatable bonds is 4. The minimum atomic E-state index is -0.109. The number of piperidine rings is 1. The number of carbonyl (C=O) groups is 1. The predicted octanol–water partition coefficient (Wildman–Crippen LogP) is 5.27. The maximum Gasteiger partial charge on any atom is 0.126 e. The molecule has 3 heterocycles. The Balaban J connectivity index is 1.25. The molecule has 1 spiro atoms. The highest BCUT2D eigenvalue weighted by Gasteiger charge is 2.42. The van der Waals surface area contributed by atoms with Gasteiger partial charge >= 0.3 is 0 Å². The molecule has 0 amide bonds. The van der Waals surface area contributed by atoms with E-state index in [-0.39, 0.29) is 29.1 Å². The Morgan fingerprint density at radius 1 is 0.914 bits per heavy atom. The number of nitrogens with zero attached hydrogens (tertiary/aromatic N) is 1. The first-order valence-electron chi connectivity index (χ1n) is 12.6. The molecule has 3 aliphatic rings. The molecular weight excluding hydrogens is 438 g/mol. The third kappa shape index (κ3) is 4.19. The van der Waals surface area contributed by atoms with E-state index in [2.05, 4.69) is 53.4 Å². The van der Waals surface area contributed by atoms with Crippen molar-refractivity contribution in [1.82, 2.24) is 0 Å². The normalized spacial score (nSPS) is 25.1. The van der Waals surface area contributed by atoms with Crippen molar-refractivity contribution in [2.24, 2.45) is 5.92 Å².